The molecule has 2 atom stereocenters. The van der Waals surface area contributed by atoms with Crippen LogP contribution in [-0.2, 0) is 4.74 Å². The van der Waals surface area contributed by atoms with Crippen LogP contribution in [0.2, 0.25) is 0 Å². The normalized spacial score (nSPS) is 24.9. The third-order valence-corrected chi connectivity index (χ3v) is 5.63. The zero-order chi connectivity index (χ0) is 19.6. The lowest BCUT2D eigenvalue weighted by Gasteiger charge is -2.27. The predicted molar refractivity (Wildman–Crippen MR) is 99.5 cm³/mol. The van der Waals surface area contributed by atoms with E-state index < -0.39 is 0 Å². The van der Waals surface area contributed by atoms with E-state index in [4.69, 9.17) is 9.26 Å². The molecule has 0 bridgehead atoms. The van der Waals surface area contributed by atoms with Crippen molar-refractivity contribution in [1.29, 1.82) is 0 Å². The number of nitrogens with one attached hydrogen (secondary N) is 1. The summed E-state index contributed by atoms with van der Waals surface area (Å²) in [5, 5.41) is 7.01. The molecule has 0 saturated carbocycles. The maximum absolute atomic E-state index is 12.6. The zero-order valence-electron chi connectivity index (χ0n) is 16.2. The fourth-order valence-corrected chi connectivity index (χ4v) is 4.25. The number of carbonyl (C=O) groups excluding carboxylic acids is 1. The van der Waals surface area contributed by atoms with Crippen molar-refractivity contribution in [2.75, 3.05) is 53.5 Å². The minimum absolute atomic E-state index is 0.0106. The maximum atomic E-state index is 12.6. The van der Waals surface area contributed by atoms with E-state index in [1.807, 2.05) is 4.90 Å². The van der Waals surface area contributed by atoms with Gasteiger partial charge >= 0.3 is 6.03 Å². The molecule has 0 radical (unpaired) electrons. The second kappa shape index (κ2) is 7.80. The van der Waals surface area contributed by atoms with Crippen LogP contribution in [-0.4, -0.2) is 89.4 Å². The Labute approximate surface area is 163 Å². The fourth-order valence-electron chi connectivity index (χ4n) is 4.25. The highest BCUT2D eigenvalue weighted by atomic mass is 16.5. The topological polar surface area (TPSA) is 110 Å². The number of aromatic nitrogens is 4. The summed E-state index contributed by atoms with van der Waals surface area (Å²) in [6, 6.07) is -0.0813. The Kier molecular flexibility index (Phi) is 5.23. The molecule has 2 amide bonds. The molecule has 4 rings (SSSR count). The van der Waals surface area contributed by atoms with Crippen molar-refractivity contribution in [1.82, 2.24) is 35.2 Å². The second-order valence-corrected chi connectivity index (χ2v) is 7.55. The first kappa shape index (κ1) is 18.8. The molecule has 2 aromatic rings. The molecule has 2 aliphatic heterocycles. The summed E-state index contributed by atoms with van der Waals surface area (Å²) in [6.07, 6.45) is 5.79. The van der Waals surface area contributed by atoms with Crippen molar-refractivity contribution in [3.63, 3.8) is 0 Å². The molecule has 0 aliphatic carbocycles. The van der Waals surface area contributed by atoms with Crippen LogP contribution in [0.5, 0.6) is 0 Å². The lowest BCUT2D eigenvalue weighted by Crippen LogP contribution is -2.41. The van der Waals surface area contributed by atoms with Crippen LogP contribution in [0, 0.1) is 5.41 Å². The Morgan fingerprint density at radius 3 is 3.04 bits per heavy atom. The monoisotopic (exact) mass is 387 g/mol. The van der Waals surface area contributed by atoms with Crippen LogP contribution in [0.15, 0.2) is 23.1 Å². The molecular formula is C18H25N7O3. The summed E-state index contributed by atoms with van der Waals surface area (Å²) in [4.78, 5) is 29.6. The van der Waals surface area contributed by atoms with Gasteiger partial charge in [-0.25, -0.2) is 9.78 Å². The Bertz CT molecular complexity index is 815. The van der Waals surface area contributed by atoms with Gasteiger partial charge in [0.25, 0.3) is 0 Å². The zero-order valence-corrected chi connectivity index (χ0v) is 16.2. The van der Waals surface area contributed by atoms with E-state index in [1.54, 1.807) is 25.7 Å². The first-order valence-electron chi connectivity index (χ1n) is 9.41. The van der Waals surface area contributed by atoms with Crippen LogP contribution >= 0.6 is 0 Å². The summed E-state index contributed by atoms with van der Waals surface area (Å²) in [5.41, 5.74) is 0.488. The smallest absolute Gasteiger partial charge is 0.317 e. The highest BCUT2D eigenvalue weighted by Gasteiger charge is 2.53. The number of urea groups is 1. The number of amides is 2. The van der Waals surface area contributed by atoms with Crippen LogP contribution in [0.25, 0.3) is 11.5 Å². The highest BCUT2D eigenvalue weighted by Crippen LogP contribution is 2.48. The molecule has 1 spiro atoms. The number of carbonyl (C=O) groups is 1. The third kappa shape index (κ3) is 3.57. The lowest BCUT2D eigenvalue weighted by molar-refractivity contribution is 0.180. The van der Waals surface area contributed by atoms with Gasteiger partial charge in [0, 0.05) is 51.1 Å². The van der Waals surface area contributed by atoms with E-state index in [-0.39, 0.29) is 17.4 Å². The third-order valence-electron chi connectivity index (χ3n) is 5.63. The largest absolute Gasteiger partial charge is 0.383 e. The maximum Gasteiger partial charge on any atom is 0.317 e. The minimum atomic E-state index is -0.0838. The van der Waals surface area contributed by atoms with Gasteiger partial charge in [0.1, 0.15) is 5.69 Å². The van der Waals surface area contributed by atoms with E-state index in [1.165, 1.54) is 0 Å². The summed E-state index contributed by atoms with van der Waals surface area (Å²) < 4.78 is 10.6. The number of ether oxygens (including phenoxy) is 1. The summed E-state index contributed by atoms with van der Waals surface area (Å²) in [7, 11) is 3.72. The number of methoxy groups -OCH3 is 1. The van der Waals surface area contributed by atoms with Crippen molar-refractivity contribution >= 4 is 6.03 Å². The Morgan fingerprint density at radius 2 is 2.32 bits per heavy atom. The van der Waals surface area contributed by atoms with Crippen molar-refractivity contribution in [2.24, 2.45) is 5.41 Å². The first-order valence-corrected chi connectivity index (χ1v) is 9.41. The van der Waals surface area contributed by atoms with E-state index in [0.29, 0.717) is 43.7 Å². The van der Waals surface area contributed by atoms with E-state index >= 15 is 0 Å². The van der Waals surface area contributed by atoms with Gasteiger partial charge in [-0.1, -0.05) is 5.16 Å². The van der Waals surface area contributed by atoms with Crippen LogP contribution in [0.1, 0.15) is 18.2 Å². The number of nitrogens with zero attached hydrogens (tertiary/aromatic N) is 6. The fraction of sp³-hybridized carbons (Fsp3) is 0.611. The minimum Gasteiger partial charge on any atom is -0.383 e. The summed E-state index contributed by atoms with van der Waals surface area (Å²) in [5.74, 6) is 0.972. The summed E-state index contributed by atoms with van der Waals surface area (Å²) in [6.45, 7) is 4.07. The van der Waals surface area contributed by atoms with E-state index in [9.17, 15) is 4.79 Å². The molecule has 4 heterocycles. The van der Waals surface area contributed by atoms with Gasteiger partial charge in [0.2, 0.25) is 11.7 Å². The molecule has 2 saturated heterocycles. The quantitative estimate of drug-likeness (QED) is 0.743. The van der Waals surface area contributed by atoms with Gasteiger partial charge in [0.05, 0.1) is 18.7 Å². The molecule has 2 aromatic heterocycles. The number of likely N-dealkylation sites (tertiary alicyclic amines) is 2. The predicted octanol–water partition coefficient (Wildman–Crippen LogP) is 0.604. The van der Waals surface area contributed by atoms with E-state index in [0.717, 1.165) is 19.5 Å². The van der Waals surface area contributed by atoms with Crippen molar-refractivity contribution in [2.45, 2.75) is 12.3 Å². The molecule has 2 aliphatic rings. The van der Waals surface area contributed by atoms with Gasteiger partial charge in [0.15, 0.2) is 0 Å². The molecular weight excluding hydrogens is 362 g/mol. The van der Waals surface area contributed by atoms with Crippen molar-refractivity contribution < 1.29 is 14.1 Å². The van der Waals surface area contributed by atoms with Crippen molar-refractivity contribution in [3.8, 4) is 11.5 Å². The average Bonchev–Trinajstić information content (AvgIpc) is 3.42. The Morgan fingerprint density at radius 1 is 1.43 bits per heavy atom. The average molecular weight is 387 g/mol. The van der Waals surface area contributed by atoms with E-state index in [2.05, 4.69) is 37.4 Å². The standard InChI is InChI=1S/C18H25N7O3/c1-24-7-3-18(11-24)12-25(17(26)21-6-8-27-2)10-13(18)16-22-15(23-28-16)14-9-19-4-5-20-14/h4-5,9,13H,3,6-8,10-12H2,1-2H3,(H,21,26)/t13-,18-/m0/s1. The van der Waals surface area contributed by atoms with Crippen molar-refractivity contribution in [3.05, 3.63) is 24.5 Å². The molecule has 2 fully saturated rings. The van der Waals surface area contributed by atoms with Crippen LogP contribution < -0.4 is 5.32 Å². The highest BCUT2D eigenvalue weighted by molar-refractivity contribution is 5.74. The SMILES string of the molecule is COCCNC(=O)N1C[C@@H](c2nc(-c3cnccn3)no2)[C@]2(CCN(C)C2)C1. The molecule has 28 heavy (non-hydrogen) atoms. The van der Waals surface area contributed by atoms with Crippen LogP contribution in [0.3, 0.4) is 0 Å². The van der Waals surface area contributed by atoms with Gasteiger partial charge in [-0.05, 0) is 20.0 Å². The molecule has 0 aromatic carbocycles. The number of rotatable bonds is 5. The molecule has 150 valence electrons. The van der Waals surface area contributed by atoms with Gasteiger partial charge < -0.3 is 24.4 Å². The van der Waals surface area contributed by atoms with Gasteiger partial charge in [-0.2, -0.15) is 4.98 Å². The molecule has 1 N–H and O–H groups in total. The molecule has 0 unspecified atom stereocenters. The number of hydrogen-bond acceptors (Lipinski definition) is 8. The number of hydrogen-bond donors (Lipinski definition) is 1. The molecule has 10 nitrogen and oxygen atoms in total. The summed E-state index contributed by atoms with van der Waals surface area (Å²) >= 11 is 0. The first-order chi connectivity index (χ1) is 13.6. The van der Waals surface area contributed by atoms with Crippen LogP contribution in [0.4, 0.5) is 4.79 Å². The van der Waals surface area contributed by atoms with Gasteiger partial charge in [-0.3, -0.25) is 4.98 Å². The second-order valence-electron chi connectivity index (χ2n) is 7.55. The van der Waals surface area contributed by atoms with Gasteiger partial charge in [-0.15, -0.1) is 0 Å². The molecule has 10 heteroatoms. The lowest BCUT2D eigenvalue weighted by atomic mass is 9.77. The Balaban J connectivity index is 1.56. The Hall–Kier alpha value is -2.59.